The zero-order chi connectivity index (χ0) is 21.0. The van der Waals surface area contributed by atoms with E-state index in [0.29, 0.717) is 33.6 Å². The molecule has 0 saturated carbocycles. The Hall–Kier alpha value is -2.44. The van der Waals surface area contributed by atoms with E-state index in [1.807, 2.05) is 0 Å². The number of aryl methyl sites for hydroxylation is 2. The molecule has 7 heteroatoms. The summed E-state index contributed by atoms with van der Waals surface area (Å²) in [5.74, 6) is -2.23. The molecule has 29 heavy (non-hydrogen) atoms. The number of aromatic carboxylic acids is 1. The van der Waals surface area contributed by atoms with Crippen molar-refractivity contribution in [2.24, 2.45) is 0 Å². The monoisotopic (exact) mass is 480 g/mol. The van der Waals surface area contributed by atoms with Crippen molar-refractivity contribution >= 4 is 33.5 Å². The summed E-state index contributed by atoms with van der Waals surface area (Å²) in [7, 11) is 0. The summed E-state index contributed by atoms with van der Waals surface area (Å²) in [5, 5.41) is 9.52. The fraction of sp³-hybridized carbons (Fsp3) is 0.136. The summed E-state index contributed by atoms with van der Waals surface area (Å²) in [6.45, 7) is 0.0672. The first-order valence-electron chi connectivity index (χ1n) is 8.70. The normalized spacial score (nSPS) is 10.8. The minimum absolute atomic E-state index is 0.0672. The van der Waals surface area contributed by atoms with Crippen molar-refractivity contribution in [3.05, 3.63) is 98.0 Å². The molecule has 3 rings (SSSR count). The van der Waals surface area contributed by atoms with Gasteiger partial charge in [-0.05, 0) is 81.9 Å². The molecule has 150 valence electrons. The molecular formula is C22H16BrClF2O3. The van der Waals surface area contributed by atoms with Gasteiger partial charge in [-0.15, -0.1) is 0 Å². The molecule has 0 heterocycles. The zero-order valence-corrected chi connectivity index (χ0v) is 17.4. The second-order valence-corrected chi connectivity index (χ2v) is 7.71. The van der Waals surface area contributed by atoms with Crippen molar-refractivity contribution in [2.75, 3.05) is 0 Å². The Balaban J connectivity index is 1.75. The van der Waals surface area contributed by atoms with Crippen LogP contribution in [0.3, 0.4) is 0 Å². The number of carbonyl (C=O) groups is 1. The van der Waals surface area contributed by atoms with Crippen LogP contribution in [-0.4, -0.2) is 11.1 Å². The molecule has 3 aromatic carbocycles. The summed E-state index contributed by atoms with van der Waals surface area (Å²) in [4.78, 5) is 11.0. The van der Waals surface area contributed by atoms with Gasteiger partial charge in [0.05, 0.1) is 10.0 Å². The lowest BCUT2D eigenvalue weighted by Gasteiger charge is -2.15. The smallest absolute Gasteiger partial charge is 0.335 e. The van der Waals surface area contributed by atoms with Crippen LogP contribution < -0.4 is 4.74 Å². The Bertz CT molecular complexity index is 1040. The molecular weight excluding hydrogens is 466 g/mol. The quantitative estimate of drug-likeness (QED) is 0.422. The van der Waals surface area contributed by atoms with Gasteiger partial charge in [0.15, 0.2) is 11.6 Å². The Morgan fingerprint density at radius 3 is 2.31 bits per heavy atom. The molecule has 0 aliphatic heterocycles. The molecule has 0 atom stereocenters. The molecule has 0 aliphatic rings. The molecule has 3 nitrogen and oxygen atoms in total. The average molecular weight is 482 g/mol. The van der Waals surface area contributed by atoms with Crippen molar-refractivity contribution in [2.45, 2.75) is 19.4 Å². The Kier molecular flexibility index (Phi) is 6.87. The van der Waals surface area contributed by atoms with E-state index >= 15 is 0 Å². The first-order chi connectivity index (χ1) is 13.8. The van der Waals surface area contributed by atoms with E-state index in [1.165, 1.54) is 6.07 Å². The van der Waals surface area contributed by atoms with Crippen molar-refractivity contribution in [1.29, 1.82) is 0 Å². The maximum Gasteiger partial charge on any atom is 0.335 e. The maximum absolute atomic E-state index is 13.4. The highest BCUT2D eigenvalue weighted by Crippen LogP contribution is 2.34. The number of rotatable bonds is 7. The van der Waals surface area contributed by atoms with Gasteiger partial charge >= 0.3 is 5.97 Å². The summed E-state index contributed by atoms with van der Waals surface area (Å²) < 4.78 is 33.0. The van der Waals surface area contributed by atoms with Gasteiger partial charge in [0, 0.05) is 5.02 Å². The largest absolute Gasteiger partial charge is 0.487 e. The van der Waals surface area contributed by atoms with Crippen LogP contribution in [0.5, 0.6) is 5.75 Å². The Labute approximate surface area is 180 Å². The van der Waals surface area contributed by atoms with E-state index < -0.39 is 17.6 Å². The van der Waals surface area contributed by atoms with E-state index in [0.717, 1.165) is 23.3 Å². The molecule has 0 bridgehead atoms. The van der Waals surface area contributed by atoms with Crippen LogP contribution in [0.1, 0.15) is 27.0 Å². The van der Waals surface area contributed by atoms with E-state index in [4.69, 9.17) is 21.4 Å². The van der Waals surface area contributed by atoms with Gasteiger partial charge in [-0.3, -0.25) is 0 Å². The first-order valence-corrected chi connectivity index (χ1v) is 9.87. The van der Waals surface area contributed by atoms with Crippen LogP contribution in [0, 0.1) is 11.6 Å². The molecule has 0 amide bonds. The number of benzene rings is 3. The van der Waals surface area contributed by atoms with Crippen LogP contribution in [0.2, 0.25) is 5.02 Å². The topological polar surface area (TPSA) is 46.5 Å². The molecule has 0 spiro atoms. The van der Waals surface area contributed by atoms with Crippen LogP contribution in [0.15, 0.2) is 59.1 Å². The van der Waals surface area contributed by atoms with Crippen LogP contribution >= 0.6 is 27.5 Å². The SMILES string of the molecule is O=C(O)c1ccc(CCc2cc(Cl)cc(Br)c2OCc2ccc(F)c(F)c2)cc1. The number of hydrogen-bond donors (Lipinski definition) is 1. The zero-order valence-electron chi connectivity index (χ0n) is 15.1. The molecule has 0 aliphatic carbocycles. The van der Waals surface area contributed by atoms with E-state index in [2.05, 4.69) is 15.9 Å². The fourth-order valence-corrected chi connectivity index (χ4v) is 3.83. The van der Waals surface area contributed by atoms with Crippen LogP contribution in [-0.2, 0) is 19.4 Å². The minimum Gasteiger partial charge on any atom is -0.487 e. The number of carboxylic acid groups (broad SMARTS) is 1. The number of hydrogen-bond acceptors (Lipinski definition) is 2. The standard InChI is InChI=1S/C22H16BrClF2O3/c23-18-11-17(24)10-16(7-3-13-1-5-15(6-2-13)22(27)28)21(18)29-12-14-4-8-19(25)20(26)9-14/h1-2,4-6,8-11H,3,7,12H2,(H,27,28). The van der Waals surface area contributed by atoms with Crippen LogP contribution in [0.25, 0.3) is 0 Å². The third-order valence-corrected chi connectivity index (χ3v) is 5.14. The van der Waals surface area contributed by atoms with Gasteiger partial charge in [0.25, 0.3) is 0 Å². The molecule has 0 radical (unpaired) electrons. The van der Waals surface area contributed by atoms with Gasteiger partial charge in [0.1, 0.15) is 12.4 Å². The van der Waals surface area contributed by atoms with E-state index in [9.17, 15) is 13.6 Å². The third-order valence-electron chi connectivity index (χ3n) is 4.34. The highest BCUT2D eigenvalue weighted by Gasteiger charge is 2.12. The Morgan fingerprint density at radius 1 is 0.966 bits per heavy atom. The van der Waals surface area contributed by atoms with Gasteiger partial charge in [0.2, 0.25) is 0 Å². The molecule has 1 N–H and O–H groups in total. The highest BCUT2D eigenvalue weighted by molar-refractivity contribution is 9.10. The Morgan fingerprint density at radius 2 is 1.66 bits per heavy atom. The predicted molar refractivity (Wildman–Crippen MR) is 111 cm³/mol. The van der Waals surface area contributed by atoms with E-state index in [-0.39, 0.29) is 12.2 Å². The van der Waals surface area contributed by atoms with Crippen LogP contribution in [0.4, 0.5) is 8.78 Å². The second-order valence-electron chi connectivity index (χ2n) is 6.42. The number of ether oxygens (including phenoxy) is 1. The maximum atomic E-state index is 13.4. The second kappa shape index (κ2) is 9.37. The lowest BCUT2D eigenvalue weighted by atomic mass is 10.0. The lowest BCUT2D eigenvalue weighted by Crippen LogP contribution is -2.02. The summed E-state index contributed by atoms with van der Waals surface area (Å²) in [6, 6.07) is 13.8. The van der Waals surface area contributed by atoms with Crippen molar-refractivity contribution in [3.63, 3.8) is 0 Å². The first kappa shape index (κ1) is 21.3. The average Bonchev–Trinajstić information content (AvgIpc) is 2.68. The lowest BCUT2D eigenvalue weighted by molar-refractivity contribution is 0.0697. The number of carboxylic acids is 1. The third kappa shape index (κ3) is 5.55. The van der Waals surface area contributed by atoms with Gasteiger partial charge in [-0.25, -0.2) is 13.6 Å². The summed E-state index contributed by atoms with van der Waals surface area (Å²) in [5.41, 5.74) is 2.54. The van der Waals surface area contributed by atoms with Gasteiger partial charge in [-0.1, -0.05) is 29.8 Å². The van der Waals surface area contributed by atoms with Crippen molar-refractivity contribution in [3.8, 4) is 5.75 Å². The van der Waals surface area contributed by atoms with E-state index in [1.54, 1.807) is 36.4 Å². The molecule has 0 unspecified atom stereocenters. The molecule has 0 fully saturated rings. The van der Waals surface area contributed by atoms with Gasteiger partial charge in [-0.2, -0.15) is 0 Å². The summed E-state index contributed by atoms with van der Waals surface area (Å²) >= 11 is 9.61. The summed E-state index contributed by atoms with van der Waals surface area (Å²) in [6.07, 6.45) is 1.24. The molecule has 0 saturated heterocycles. The molecule has 0 aromatic heterocycles. The van der Waals surface area contributed by atoms with Crippen molar-refractivity contribution in [1.82, 2.24) is 0 Å². The van der Waals surface area contributed by atoms with Crippen molar-refractivity contribution < 1.29 is 23.4 Å². The minimum atomic E-state index is -0.969. The predicted octanol–water partition coefficient (Wildman–Crippen LogP) is 6.44. The highest BCUT2D eigenvalue weighted by atomic mass is 79.9. The fourth-order valence-electron chi connectivity index (χ4n) is 2.84. The molecule has 3 aromatic rings. The van der Waals surface area contributed by atoms with Gasteiger partial charge < -0.3 is 9.84 Å². The number of halogens is 4.